The summed E-state index contributed by atoms with van der Waals surface area (Å²) < 4.78 is 11.0. The normalized spacial score (nSPS) is 12.4. The second kappa shape index (κ2) is 9.26. The minimum Gasteiger partial charge on any atom is -0.486 e. The first-order valence-corrected chi connectivity index (χ1v) is 9.58. The van der Waals surface area contributed by atoms with E-state index in [1.54, 1.807) is 23.1 Å². The van der Waals surface area contributed by atoms with Crippen LogP contribution in [0.5, 0.6) is 11.5 Å². The third-order valence-electron chi connectivity index (χ3n) is 4.60. The number of hydrogen-bond acceptors (Lipinski definition) is 4. The maximum absolute atomic E-state index is 12.5. The van der Waals surface area contributed by atoms with E-state index in [0.717, 1.165) is 5.56 Å². The highest BCUT2D eigenvalue weighted by Crippen LogP contribution is 2.32. The van der Waals surface area contributed by atoms with Gasteiger partial charge >= 0.3 is 0 Å². The summed E-state index contributed by atoms with van der Waals surface area (Å²) in [4.78, 5) is 26.5. The van der Waals surface area contributed by atoms with Crippen LogP contribution in [0.15, 0.2) is 42.5 Å². The summed E-state index contributed by atoms with van der Waals surface area (Å²) in [5.41, 5.74) is 2.93. The van der Waals surface area contributed by atoms with Crippen molar-refractivity contribution in [1.82, 2.24) is 4.90 Å². The maximum atomic E-state index is 12.5. The van der Waals surface area contributed by atoms with Crippen molar-refractivity contribution >= 4 is 17.5 Å². The Morgan fingerprint density at radius 2 is 1.86 bits per heavy atom. The maximum Gasteiger partial charge on any atom is 0.243 e. The van der Waals surface area contributed by atoms with Crippen molar-refractivity contribution < 1.29 is 19.1 Å². The molecule has 2 aromatic carbocycles. The summed E-state index contributed by atoms with van der Waals surface area (Å²) in [6, 6.07) is 13.4. The number of hydrogen-bond donors (Lipinski definition) is 1. The number of rotatable bonds is 7. The van der Waals surface area contributed by atoms with Crippen LogP contribution in [0.4, 0.5) is 5.69 Å². The smallest absolute Gasteiger partial charge is 0.243 e. The Balaban J connectivity index is 1.53. The average molecular weight is 382 g/mol. The van der Waals surface area contributed by atoms with Crippen molar-refractivity contribution in [1.29, 1.82) is 0 Å². The van der Waals surface area contributed by atoms with E-state index in [2.05, 4.69) is 11.4 Å². The lowest BCUT2D eigenvalue weighted by Crippen LogP contribution is -2.38. The molecule has 1 aliphatic heterocycles. The van der Waals surface area contributed by atoms with Crippen LogP contribution in [0.3, 0.4) is 0 Å². The van der Waals surface area contributed by atoms with Gasteiger partial charge in [0.25, 0.3) is 0 Å². The number of likely N-dealkylation sites (N-methyl/N-ethyl adjacent to an activating group) is 1. The van der Waals surface area contributed by atoms with Gasteiger partial charge in [-0.2, -0.15) is 0 Å². The number of ether oxygens (including phenoxy) is 2. The number of fused-ring (bicyclic) bond motifs is 1. The van der Waals surface area contributed by atoms with Crippen molar-refractivity contribution in [2.75, 3.05) is 31.6 Å². The molecule has 6 nitrogen and oxygen atoms in total. The molecule has 0 radical (unpaired) electrons. The molecule has 1 aliphatic rings. The SMILES string of the molecule is CCN(CC(=O)Nc1ccc2c(c1)OCCO2)C(=O)CCc1cccc(C)c1. The number of nitrogens with one attached hydrogen (secondary N) is 1. The molecule has 0 spiro atoms. The van der Waals surface area contributed by atoms with E-state index in [1.165, 1.54) is 5.56 Å². The van der Waals surface area contributed by atoms with Gasteiger partial charge in [0.1, 0.15) is 13.2 Å². The van der Waals surface area contributed by atoms with Crippen LogP contribution in [-0.4, -0.2) is 43.0 Å². The minimum atomic E-state index is -0.234. The lowest BCUT2D eigenvalue weighted by molar-refractivity contribution is -0.134. The molecule has 0 aromatic heterocycles. The van der Waals surface area contributed by atoms with Crippen LogP contribution in [0.1, 0.15) is 24.5 Å². The van der Waals surface area contributed by atoms with Gasteiger partial charge in [-0.15, -0.1) is 0 Å². The molecule has 28 heavy (non-hydrogen) atoms. The fraction of sp³-hybridized carbons (Fsp3) is 0.364. The zero-order valence-corrected chi connectivity index (χ0v) is 16.4. The molecule has 1 heterocycles. The predicted octanol–water partition coefficient (Wildman–Crippen LogP) is 3.19. The minimum absolute atomic E-state index is 0.0254. The zero-order valence-electron chi connectivity index (χ0n) is 16.4. The first-order valence-electron chi connectivity index (χ1n) is 9.58. The van der Waals surface area contributed by atoms with Crippen molar-refractivity contribution in [2.45, 2.75) is 26.7 Å². The number of carbonyl (C=O) groups is 2. The van der Waals surface area contributed by atoms with E-state index in [-0.39, 0.29) is 18.4 Å². The molecule has 6 heteroatoms. The quantitative estimate of drug-likeness (QED) is 0.799. The molecule has 0 saturated heterocycles. The molecule has 1 N–H and O–H groups in total. The summed E-state index contributed by atoms with van der Waals surface area (Å²) in [5, 5.41) is 2.82. The van der Waals surface area contributed by atoms with Crippen LogP contribution < -0.4 is 14.8 Å². The molecule has 0 fully saturated rings. The fourth-order valence-corrected chi connectivity index (χ4v) is 3.15. The molecule has 148 valence electrons. The van der Waals surface area contributed by atoms with Crippen molar-refractivity contribution in [2.24, 2.45) is 0 Å². The second-order valence-electron chi connectivity index (χ2n) is 6.80. The molecular formula is C22H26N2O4. The van der Waals surface area contributed by atoms with Gasteiger partial charge in [-0.3, -0.25) is 9.59 Å². The topological polar surface area (TPSA) is 67.9 Å². The van der Waals surface area contributed by atoms with Crippen LogP contribution in [0.2, 0.25) is 0 Å². The predicted molar refractivity (Wildman–Crippen MR) is 108 cm³/mol. The zero-order chi connectivity index (χ0) is 19.9. The van der Waals surface area contributed by atoms with Crippen LogP contribution in [0.25, 0.3) is 0 Å². The summed E-state index contributed by atoms with van der Waals surface area (Å²) in [5.74, 6) is 1.03. The highest BCUT2D eigenvalue weighted by atomic mass is 16.6. The lowest BCUT2D eigenvalue weighted by Gasteiger charge is -2.21. The summed E-state index contributed by atoms with van der Waals surface area (Å²) in [7, 11) is 0. The summed E-state index contributed by atoms with van der Waals surface area (Å²) in [6.07, 6.45) is 1.05. The van der Waals surface area contributed by atoms with E-state index >= 15 is 0 Å². The van der Waals surface area contributed by atoms with Gasteiger partial charge in [-0.05, 0) is 38.0 Å². The highest BCUT2D eigenvalue weighted by molar-refractivity contribution is 5.94. The van der Waals surface area contributed by atoms with E-state index < -0.39 is 0 Å². The molecule has 0 aliphatic carbocycles. The summed E-state index contributed by atoms with van der Waals surface area (Å²) in [6.45, 7) is 5.44. The number of amides is 2. The van der Waals surface area contributed by atoms with Gasteiger partial charge in [0.15, 0.2) is 11.5 Å². The van der Waals surface area contributed by atoms with Crippen molar-refractivity contribution in [3.05, 3.63) is 53.6 Å². The molecule has 2 aromatic rings. The van der Waals surface area contributed by atoms with Gasteiger partial charge in [-0.1, -0.05) is 29.8 Å². The first-order chi connectivity index (χ1) is 13.5. The third kappa shape index (κ3) is 5.25. The average Bonchev–Trinajstić information content (AvgIpc) is 2.70. The Bertz CT molecular complexity index is 850. The number of aryl methyl sites for hydroxylation is 2. The Morgan fingerprint density at radius 3 is 2.61 bits per heavy atom. The number of carbonyl (C=O) groups excluding carboxylic acids is 2. The van der Waals surface area contributed by atoms with Crippen molar-refractivity contribution in [3.8, 4) is 11.5 Å². The van der Waals surface area contributed by atoms with Crippen molar-refractivity contribution in [3.63, 3.8) is 0 Å². The van der Waals surface area contributed by atoms with E-state index in [1.807, 2.05) is 32.0 Å². The van der Waals surface area contributed by atoms with Gasteiger partial charge in [-0.25, -0.2) is 0 Å². The molecular weight excluding hydrogens is 356 g/mol. The Morgan fingerprint density at radius 1 is 1.07 bits per heavy atom. The number of anilines is 1. The second-order valence-corrected chi connectivity index (χ2v) is 6.80. The highest BCUT2D eigenvalue weighted by Gasteiger charge is 2.17. The third-order valence-corrected chi connectivity index (χ3v) is 4.60. The number of nitrogens with zero attached hydrogens (tertiary/aromatic N) is 1. The van der Waals surface area contributed by atoms with Gasteiger partial charge < -0.3 is 19.7 Å². The number of benzene rings is 2. The molecule has 0 saturated carbocycles. The molecule has 0 unspecified atom stereocenters. The Labute approximate surface area is 165 Å². The van der Waals surface area contributed by atoms with Crippen LogP contribution in [-0.2, 0) is 16.0 Å². The van der Waals surface area contributed by atoms with Crippen LogP contribution in [0, 0.1) is 6.92 Å². The lowest BCUT2D eigenvalue weighted by atomic mass is 10.1. The fourth-order valence-electron chi connectivity index (χ4n) is 3.15. The monoisotopic (exact) mass is 382 g/mol. The van der Waals surface area contributed by atoms with E-state index in [9.17, 15) is 9.59 Å². The van der Waals surface area contributed by atoms with E-state index in [0.29, 0.717) is 49.8 Å². The standard InChI is InChI=1S/C22H26N2O4/c1-3-24(22(26)10-7-17-6-4-5-16(2)13-17)15-21(25)23-18-8-9-19-20(14-18)28-12-11-27-19/h4-6,8-9,13-14H,3,7,10-12,15H2,1-2H3,(H,23,25). The molecule has 3 rings (SSSR count). The molecule has 0 atom stereocenters. The van der Waals surface area contributed by atoms with Crippen LogP contribution >= 0.6 is 0 Å². The first kappa shape index (κ1) is 19.7. The molecule has 0 bridgehead atoms. The summed E-state index contributed by atoms with van der Waals surface area (Å²) >= 11 is 0. The largest absolute Gasteiger partial charge is 0.486 e. The van der Waals surface area contributed by atoms with Gasteiger partial charge in [0, 0.05) is 24.7 Å². The van der Waals surface area contributed by atoms with Gasteiger partial charge in [0.05, 0.1) is 6.54 Å². The van der Waals surface area contributed by atoms with E-state index in [4.69, 9.17) is 9.47 Å². The molecule has 2 amide bonds. The Kier molecular flexibility index (Phi) is 6.53. The Hall–Kier alpha value is -3.02. The van der Waals surface area contributed by atoms with Gasteiger partial charge in [0.2, 0.25) is 11.8 Å².